The van der Waals surface area contributed by atoms with Crippen LogP contribution in [0.25, 0.3) is 0 Å². The van der Waals surface area contributed by atoms with Gasteiger partial charge in [0.2, 0.25) is 5.91 Å². The maximum absolute atomic E-state index is 12.0. The topological polar surface area (TPSA) is 66.8 Å². The fourth-order valence-electron chi connectivity index (χ4n) is 2.62. The lowest BCUT2D eigenvalue weighted by molar-refractivity contribution is -0.147. The van der Waals surface area contributed by atoms with Gasteiger partial charge in [-0.15, -0.1) is 11.8 Å². The second kappa shape index (κ2) is 7.14. The number of likely N-dealkylation sites (tertiary alicyclic amines) is 1. The van der Waals surface area contributed by atoms with Gasteiger partial charge in [-0.05, 0) is 32.1 Å². The average molecular weight is 287 g/mol. The Hall–Kier alpha value is -0.750. The number of nitrogens with zero attached hydrogens (tertiary/aromatic N) is 1. The molecular weight excluding hydrogens is 266 g/mol. The van der Waals surface area contributed by atoms with Crippen LogP contribution in [0, 0.1) is 0 Å². The lowest BCUT2D eigenvalue weighted by Crippen LogP contribution is -2.41. The molecule has 0 aromatic carbocycles. The minimum atomic E-state index is -0.883. The monoisotopic (exact) mass is 287 g/mol. The second-order valence-electron chi connectivity index (χ2n) is 5.09. The van der Waals surface area contributed by atoms with Crippen LogP contribution in [-0.4, -0.2) is 58.7 Å². The van der Waals surface area contributed by atoms with Crippen LogP contribution in [0.1, 0.15) is 32.1 Å². The van der Waals surface area contributed by atoms with Crippen molar-refractivity contribution in [1.82, 2.24) is 4.90 Å². The molecule has 2 aliphatic heterocycles. The number of hydrogen-bond acceptors (Lipinski definition) is 4. The number of amides is 1. The van der Waals surface area contributed by atoms with Crippen molar-refractivity contribution in [2.45, 2.75) is 44.2 Å². The van der Waals surface area contributed by atoms with E-state index in [-0.39, 0.29) is 12.0 Å². The maximum atomic E-state index is 12.0. The summed E-state index contributed by atoms with van der Waals surface area (Å²) < 4.78 is 5.60. The number of aliphatic carboxylic acids is 1. The van der Waals surface area contributed by atoms with E-state index in [4.69, 9.17) is 9.84 Å². The van der Waals surface area contributed by atoms with E-state index in [2.05, 4.69) is 0 Å². The van der Waals surface area contributed by atoms with Gasteiger partial charge in [0, 0.05) is 18.9 Å². The van der Waals surface area contributed by atoms with Crippen LogP contribution in [0.3, 0.4) is 0 Å². The Labute approximate surface area is 117 Å². The Morgan fingerprint density at radius 1 is 1.26 bits per heavy atom. The summed E-state index contributed by atoms with van der Waals surface area (Å²) in [6, 6.07) is -0.612. The van der Waals surface area contributed by atoms with Crippen molar-refractivity contribution in [2.75, 3.05) is 24.7 Å². The summed E-state index contributed by atoms with van der Waals surface area (Å²) in [5, 5.41) is 9.04. The molecule has 0 saturated carbocycles. The van der Waals surface area contributed by atoms with Gasteiger partial charge in [0.1, 0.15) is 6.04 Å². The molecule has 0 aromatic heterocycles. The lowest BCUT2D eigenvalue weighted by atomic mass is 10.1. The number of ether oxygens (including phenoxy) is 1. The molecule has 2 saturated heterocycles. The molecule has 2 fully saturated rings. The van der Waals surface area contributed by atoms with Crippen molar-refractivity contribution in [3.63, 3.8) is 0 Å². The van der Waals surface area contributed by atoms with Gasteiger partial charge in [0.05, 0.1) is 11.9 Å². The van der Waals surface area contributed by atoms with Gasteiger partial charge < -0.3 is 14.7 Å². The van der Waals surface area contributed by atoms with Gasteiger partial charge in [-0.1, -0.05) is 0 Å². The van der Waals surface area contributed by atoms with E-state index >= 15 is 0 Å². The van der Waals surface area contributed by atoms with Crippen molar-refractivity contribution in [3.05, 3.63) is 0 Å². The average Bonchev–Trinajstić information content (AvgIpc) is 2.89. The van der Waals surface area contributed by atoms with Crippen molar-refractivity contribution < 1.29 is 19.4 Å². The zero-order chi connectivity index (χ0) is 13.7. The van der Waals surface area contributed by atoms with E-state index in [9.17, 15) is 9.59 Å². The van der Waals surface area contributed by atoms with E-state index < -0.39 is 12.0 Å². The first-order chi connectivity index (χ1) is 9.18. The first kappa shape index (κ1) is 14.7. The van der Waals surface area contributed by atoms with Crippen LogP contribution in [0.15, 0.2) is 0 Å². The molecule has 108 valence electrons. The molecule has 2 atom stereocenters. The summed E-state index contributed by atoms with van der Waals surface area (Å²) in [6.45, 7) is 1.41. The van der Waals surface area contributed by atoms with Crippen molar-refractivity contribution in [3.8, 4) is 0 Å². The highest BCUT2D eigenvalue weighted by molar-refractivity contribution is 7.99. The number of thioether (sulfide) groups is 1. The van der Waals surface area contributed by atoms with Crippen molar-refractivity contribution >= 4 is 23.6 Å². The SMILES string of the molecule is O=C(O)[C@H]1CCCN1C(=O)CSCC1CCCCO1. The third kappa shape index (κ3) is 4.11. The first-order valence-corrected chi connectivity index (χ1v) is 8.05. The largest absolute Gasteiger partial charge is 0.480 e. The van der Waals surface area contributed by atoms with Crippen molar-refractivity contribution in [1.29, 1.82) is 0 Å². The van der Waals surface area contributed by atoms with Crippen LogP contribution in [0.4, 0.5) is 0 Å². The molecule has 1 N–H and O–H groups in total. The van der Waals surface area contributed by atoms with E-state index in [1.54, 1.807) is 11.8 Å². The maximum Gasteiger partial charge on any atom is 0.326 e. The molecule has 0 aliphatic carbocycles. The highest BCUT2D eigenvalue weighted by atomic mass is 32.2. The number of rotatable bonds is 5. The quantitative estimate of drug-likeness (QED) is 0.827. The number of hydrogen-bond donors (Lipinski definition) is 1. The van der Waals surface area contributed by atoms with E-state index in [1.165, 1.54) is 11.3 Å². The van der Waals surface area contributed by atoms with Gasteiger partial charge in [0.15, 0.2) is 0 Å². The van der Waals surface area contributed by atoms with Gasteiger partial charge in [-0.25, -0.2) is 4.79 Å². The first-order valence-electron chi connectivity index (χ1n) is 6.90. The van der Waals surface area contributed by atoms with Gasteiger partial charge in [-0.3, -0.25) is 4.79 Å². The predicted molar refractivity (Wildman–Crippen MR) is 73.3 cm³/mol. The fraction of sp³-hybridized carbons (Fsp3) is 0.846. The Kier molecular flexibility index (Phi) is 5.51. The van der Waals surface area contributed by atoms with Gasteiger partial charge in [0.25, 0.3) is 0 Å². The number of carboxylic acids is 1. The third-order valence-electron chi connectivity index (χ3n) is 3.66. The molecule has 2 heterocycles. The van der Waals surface area contributed by atoms with E-state index in [1.807, 2.05) is 0 Å². The molecular formula is C13H21NO4S. The highest BCUT2D eigenvalue weighted by Crippen LogP contribution is 2.21. The molecule has 1 amide bonds. The summed E-state index contributed by atoms with van der Waals surface area (Å²) in [7, 11) is 0. The number of carbonyl (C=O) groups excluding carboxylic acids is 1. The predicted octanol–water partition coefficient (Wildman–Crippen LogP) is 1.36. The van der Waals surface area contributed by atoms with E-state index in [0.29, 0.717) is 18.7 Å². The number of carbonyl (C=O) groups is 2. The summed E-state index contributed by atoms with van der Waals surface area (Å²) in [4.78, 5) is 24.5. The Morgan fingerprint density at radius 2 is 2.11 bits per heavy atom. The summed E-state index contributed by atoms with van der Waals surface area (Å²) in [5.41, 5.74) is 0. The second-order valence-corrected chi connectivity index (χ2v) is 6.12. The molecule has 0 aromatic rings. The van der Waals surface area contributed by atoms with Crippen molar-refractivity contribution in [2.24, 2.45) is 0 Å². The Bertz CT molecular complexity index is 331. The molecule has 0 radical (unpaired) electrons. The van der Waals surface area contributed by atoms with E-state index in [0.717, 1.165) is 31.6 Å². The molecule has 0 bridgehead atoms. The molecule has 1 unspecified atom stereocenters. The zero-order valence-electron chi connectivity index (χ0n) is 11.0. The van der Waals surface area contributed by atoms with Crippen LogP contribution >= 0.6 is 11.8 Å². The lowest BCUT2D eigenvalue weighted by Gasteiger charge is -2.23. The van der Waals surface area contributed by atoms with Crippen LogP contribution in [0.2, 0.25) is 0 Å². The summed E-state index contributed by atoms with van der Waals surface area (Å²) in [5.74, 6) is 0.262. The zero-order valence-corrected chi connectivity index (χ0v) is 11.9. The fourth-order valence-corrected chi connectivity index (χ4v) is 3.61. The molecule has 0 spiro atoms. The van der Waals surface area contributed by atoms with Gasteiger partial charge >= 0.3 is 5.97 Å². The number of carboxylic acid groups (broad SMARTS) is 1. The molecule has 2 aliphatic rings. The molecule has 19 heavy (non-hydrogen) atoms. The summed E-state index contributed by atoms with van der Waals surface area (Å²) in [6.07, 6.45) is 5.04. The summed E-state index contributed by atoms with van der Waals surface area (Å²) >= 11 is 1.56. The van der Waals surface area contributed by atoms with Crippen LogP contribution in [-0.2, 0) is 14.3 Å². The Balaban J connectivity index is 1.70. The Morgan fingerprint density at radius 3 is 2.79 bits per heavy atom. The van der Waals surface area contributed by atoms with Crippen LogP contribution < -0.4 is 0 Å². The highest BCUT2D eigenvalue weighted by Gasteiger charge is 2.33. The minimum absolute atomic E-state index is 0.0503. The van der Waals surface area contributed by atoms with Crippen LogP contribution in [0.5, 0.6) is 0 Å². The van der Waals surface area contributed by atoms with Gasteiger partial charge in [-0.2, -0.15) is 0 Å². The molecule has 5 nitrogen and oxygen atoms in total. The third-order valence-corrected chi connectivity index (χ3v) is 4.72. The standard InChI is InChI=1S/C13H21NO4S/c15-12(14-6-3-5-11(14)13(16)17)9-19-8-10-4-1-2-7-18-10/h10-11H,1-9H2,(H,16,17)/t10?,11-/m1/s1. The normalized spacial score (nSPS) is 27.5. The minimum Gasteiger partial charge on any atom is -0.480 e. The molecule has 2 rings (SSSR count). The molecule has 6 heteroatoms. The smallest absolute Gasteiger partial charge is 0.326 e.